The van der Waals surface area contributed by atoms with Crippen LogP contribution in [-0.2, 0) is 4.43 Å². The van der Waals surface area contributed by atoms with Crippen LogP contribution in [0.2, 0.25) is 5.04 Å². The summed E-state index contributed by atoms with van der Waals surface area (Å²) in [5.41, 5.74) is 9.85. The van der Waals surface area contributed by atoms with Crippen LogP contribution in [0.5, 0.6) is 0 Å². The predicted molar refractivity (Wildman–Crippen MR) is 165 cm³/mol. The molecule has 0 aromatic heterocycles. The number of nitrogens with zero attached hydrogens (tertiary/aromatic N) is 1. The molecule has 0 spiro atoms. The summed E-state index contributed by atoms with van der Waals surface area (Å²) >= 11 is 3.70. The zero-order chi connectivity index (χ0) is 26.3. The highest BCUT2D eigenvalue weighted by Gasteiger charge is 2.49. The second-order valence-corrected chi connectivity index (χ2v) is 16.2. The van der Waals surface area contributed by atoms with Gasteiger partial charge in [-0.25, -0.2) is 0 Å². The Hall–Kier alpha value is -2.18. The molecule has 2 N–H and O–H groups in total. The second kappa shape index (κ2) is 12.6. The van der Waals surface area contributed by atoms with Crippen molar-refractivity contribution in [2.24, 2.45) is 5.73 Å². The summed E-state index contributed by atoms with van der Waals surface area (Å²) in [6, 6.07) is 28.5. The fraction of sp³-hybridized carbons (Fsp3) is 0.375. The quantitative estimate of drug-likeness (QED) is 0.203. The van der Waals surface area contributed by atoms with E-state index in [1.807, 2.05) is 0 Å². The van der Waals surface area contributed by atoms with Crippen LogP contribution in [-0.4, -0.2) is 34.6 Å². The van der Waals surface area contributed by atoms with Gasteiger partial charge in [-0.1, -0.05) is 103 Å². The van der Waals surface area contributed by atoms with Gasteiger partial charge in [-0.15, -0.1) is 0 Å². The van der Waals surface area contributed by atoms with Gasteiger partial charge in [0.05, 0.1) is 0 Å². The SMILES string of the molecule is CC(C)(C)[Si](OCCCC1=CCN(CCCCN)c2ccc(Br)cc21)(c1ccccc1)c1ccccc1. The van der Waals surface area contributed by atoms with E-state index in [0.717, 1.165) is 56.4 Å². The Labute approximate surface area is 233 Å². The first-order valence-corrected chi connectivity index (χ1v) is 16.3. The molecule has 0 unspecified atom stereocenters. The minimum atomic E-state index is -2.49. The minimum Gasteiger partial charge on any atom is -0.407 e. The average molecular weight is 578 g/mol. The first-order chi connectivity index (χ1) is 17.9. The molecule has 3 aromatic carbocycles. The van der Waals surface area contributed by atoms with Crippen molar-refractivity contribution >= 4 is 45.9 Å². The monoisotopic (exact) mass is 576 g/mol. The van der Waals surface area contributed by atoms with E-state index in [1.165, 1.54) is 27.2 Å². The summed E-state index contributed by atoms with van der Waals surface area (Å²) in [6.07, 6.45) is 6.62. The van der Waals surface area contributed by atoms with Crippen LogP contribution in [0, 0.1) is 0 Å². The average Bonchev–Trinajstić information content (AvgIpc) is 2.90. The number of benzene rings is 3. The summed E-state index contributed by atoms with van der Waals surface area (Å²) < 4.78 is 8.27. The zero-order valence-electron chi connectivity index (χ0n) is 22.6. The third kappa shape index (κ3) is 6.28. The van der Waals surface area contributed by atoms with Crippen LogP contribution in [0.3, 0.4) is 0 Å². The van der Waals surface area contributed by atoms with Crippen LogP contribution in [0.4, 0.5) is 5.69 Å². The fourth-order valence-corrected chi connectivity index (χ4v) is 10.6. The Morgan fingerprint density at radius 1 is 0.892 bits per heavy atom. The smallest absolute Gasteiger partial charge is 0.261 e. The molecular weight excluding hydrogens is 536 g/mol. The van der Waals surface area contributed by atoms with Crippen molar-refractivity contribution in [3.63, 3.8) is 0 Å². The van der Waals surface area contributed by atoms with E-state index in [2.05, 4.69) is 127 Å². The van der Waals surface area contributed by atoms with E-state index in [9.17, 15) is 0 Å². The molecule has 0 bridgehead atoms. The minimum absolute atomic E-state index is 0.00130. The molecule has 3 nitrogen and oxygen atoms in total. The third-order valence-corrected chi connectivity index (χ3v) is 12.9. The first-order valence-electron chi connectivity index (χ1n) is 13.6. The number of hydrogen-bond donors (Lipinski definition) is 1. The van der Waals surface area contributed by atoms with Crippen LogP contribution in [0.1, 0.15) is 52.0 Å². The van der Waals surface area contributed by atoms with Crippen molar-refractivity contribution in [3.8, 4) is 0 Å². The molecule has 3 aromatic rings. The summed E-state index contributed by atoms with van der Waals surface area (Å²) in [5.74, 6) is 0. The predicted octanol–water partition coefficient (Wildman–Crippen LogP) is 6.75. The van der Waals surface area contributed by atoms with Gasteiger partial charge < -0.3 is 15.1 Å². The lowest BCUT2D eigenvalue weighted by molar-refractivity contribution is 0.293. The number of hydrogen-bond acceptors (Lipinski definition) is 3. The van der Waals surface area contributed by atoms with E-state index < -0.39 is 8.32 Å². The highest BCUT2D eigenvalue weighted by atomic mass is 79.9. The number of allylic oxidation sites excluding steroid dienone is 1. The van der Waals surface area contributed by atoms with Gasteiger partial charge in [-0.2, -0.15) is 0 Å². The highest BCUT2D eigenvalue weighted by molar-refractivity contribution is 9.10. The Morgan fingerprint density at radius 3 is 2.14 bits per heavy atom. The molecule has 0 fully saturated rings. The van der Waals surface area contributed by atoms with Crippen molar-refractivity contribution in [1.82, 2.24) is 0 Å². The summed E-state index contributed by atoms with van der Waals surface area (Å²) in [4.78, 5) is 2.49. The van der Waals surface area contributed by atoms with Crippen molar-refractivity contribution in [3.05, 3.63) is 95.0 Å². The van der Waals surface area contributed by atoms with E-state index in [0.29, 0.717) is 0 Å². The molecule has 0 amide bonds. The topological polar surface area (TPSA) is 38.5 Å². The molecular formula is C32H41BrN2OSi. The van der Waals surface area contributed by atoms with Crippen LogP contribution >= 0.6 is 15.9 Å². The molecule has 4 rings (SSSR count). The van der Waals surface area contributed by atoms with Crippen LogP contribution < -0.4 is 21.0 Å². The van der Waals surface area contributed by atoms with Crippen molar-refractivity contribution in [2.45, 2.75) is 51.5 Å². The zero-order valence-corrected chi connectivity index (χ0v) is 25.1. The van der Waals surface area contributed by atoms with Crippen molar-refractivity contribution in [1.29, 1.82) is 0 Å². The maximum Gasteiger partial charge on any atom is 0.261 e. The maximum absolute atomic E-state index is 7.14. The standard InChI is InChI=1S/C32H41BrN2OSi/c1-32(2,3)37(28-14-6-4-7-15-28,29-16-8-5-9-17-29)36-24-12-13-26-20-23-35(22-11-10-21-34)31-19-18-27(33)25-30(26)31/h4-9,14-20,25H,10-13,21-24,34H2,1-3H3. The highest BCUT2D eigenvalue weighted by Crippen LogP contribution is 2.38. The number of nitrogens with two attached hydrogens (primary N) is 1. The van der Waals surface area contributed by atoms with Gasteiger partial charge in [-0.05, 0) is 71.4 Å². The number of fused-ring (bicyclic) bond motifs is 1. The molecule has 0 aliphatic carbocycles. The van der Waals surface area contributed by atoms with Gasteiger partial charge in [0, 0.05) is 35.4 Å². The number of rotatable bonds is 11. The molecule has 1 aliphatic rings. The van der Waals surface area contributed by atoms with Gasteiger partial charge in [-0.3, -0.25) is 0 Å². The van der Waals surface area contributed by atoms with Crippen molar-refractivity contribution < 1.29 is 4.43 Å². The summed E-state index contributed by atoms with van der Waals surface area (Å²) in [5, 5.41) is 2.68. The number of unbranched alkanes of at least 4 members (excludes halogenated alkanes) is 1. The van der Waals surface area contributed by atoms with E-state index in [-0.39, 0.29) is 5.04 Å². The van der Waals surface area contributed by atoms with Crippen molar-refractivity contribution in [2.75, 3.05) is 31.1 Å². The number of anilines is 1. The van der Waals surface area contributed by atoms with Gasteiger partial charge in [0.1, 0.15) is 0 Å². The van der Waals surface area contributed by atoms with Gasteiger partial charge in [0.2, 0.25) is 0 Å². The largest absolute Gasteiger partial charge is 0.407 e. The van der Waals surface area contributed by atoms with E-state index in [4.69, 9.17) is 10.2 Å². The van der Waals surface area contributed by atoms with Crippen LogP contribution in [0.25, 0.3) is 5.57 Å². The molecule has 5 heteroatoms. The molecule has 196 valence electrons. The molecule has 0 atom stereocenters. The Bertz CT molecular complexity index is 1130. The second-order valence-electron chi connectivity index (χ2n) is 10.9. The Morgan fingerprint density at radius 2 is 1.54 bits per heavy atom. The summed E-state index contributed by atoms with van der Waals surface area (Å²) in [7, 11) is -2.49. The molecule has 37 heavy (non-hydrogen) atoms. The lowest BCUT2D eigenvalue weighted by Gasteiger charge is -2.43. The molecule has 0 radical (unpaired) electrons. The normalized spacial score (nSPS) is 13.9. The molecule has 1 heterocycles. The first kappa shape index (κ1) is 27.8. The molecule has 0 saturated heterocycles. The third-order valence-electron chi connectivity index (χ3n) is 7.41. The summed E-state index contributed by atoms with van der Waals surface area (Å²) in [6.45, 7) is 10.5. The van der Waals surface area contributed by atoms with Gasteiger partial charge >= 0.3 is 0 Å². The van der Waals surface area contributed by atoms with E-state index in [1.54, 1.807) is 0 Å². The Kier molecular flexibility index (Phi) is 9.46. The van der Waals surface area contributed by atoms with E-state index >= 15 is 0 Å². The van der Waals surface area contributed by atoms with Gasteiger partial charge in [0.25, 0.3) is 8.32 Å². The lowest BCUT2D eigenvalue weighted by atomic mass is 9.95. The fourth-order valence-electron chi connectivity index (χ4n) is 5.61. The van der Waals surface area contributed by atoms with Gasteiger partial charge in [0.15, 0.2) is 0 Å². The maximum atomic E-state index is 7.14. The Balaban J connectivity index is 1.53. The molecule has 0 saturated carbocycles. The van der Waals surface area contributed by atoms with Crippen LogP contribution in [0.15, 0.2) is 89.4 Å². The number of halogens is 1. The molecule has 1 aliphatic heterocycles. The lowest BCUT2D eigenvalue weighted by Crippen LogP contribution is -2.66.